The highest BCUT2D eigenvalue weighted by Crippen LogP contribution is 2.18. The Morgan fingerprint density at radius 3 is 2.68 bits per heavy atom. The standard InChI is InChI=1S/C18H31N5O2/c1-5-25-17(24)16-7-11-22(12-8-16)18(19-4)20-9-6-10-23-15(3)13-14(2)21-23/h13,16H,5-12H2,1-4H3,(H,19,20). The number of guanidine groups is 1. The molecule has 1 fully saturated rings. The van der Waals surface area contributed by atoms with Crippen LogP contribution < -0.4 is 5.32 Å². The third-order valence-electron chi connectivity index (χ3n) is 4.56. The Kier molecular flexibility index (Phi) is 7.28. The SMILES string of the molecule is CCOC(=O)C1CCN(C(=NC)NCCCn2nc(C)cc2C)CC1. The smallest absolute Gasteiger partial charge is 0.309 e. The monoisotopic (exact) mass is 349 g/mol. The van der Waals surface area contributed by atoms with E-state index < -0.39 is 0 Å². The van der Waals surface area contributed by atoms with Crippen molar-refractivity contribution < 1.29 is 9.53 Å². The molecule has 0 spiro atoms. The summed E-state index contributed by atoms with van der Waals surface area (Å²) in [7, 11) is 1.81. The first-order valence-electron chi connectivity index (χ1n) is 9.18. The van der Waals surface area contributed by atoms with Gasteiger partial charge in [-0.15, -0.1) is 0 Å². The molecule has 0 bridgehead atoms. The topological polar surface area (TPSA) is 71.8 Å². The van der Waals surface area contributed by atoms with Crippen molar-refractivity contribution in [2.45, 2.75) is 46.6 Å². The molecule has 0 unspecified atom stereocenters. The summed E-state index contributed by atoms with van der Waals surface area (Å²) < 4.78 is 7.17. The largest absolute Gasteiger partial charge is 0.466 e. The number of likely N-dealkylation sites (tertiary alicyclic amines) is 1. The Morgan fingerprint density at radius 2 is 2.12 bits per heavy atom. The van der Waals surface area contributed by atoms with E-state index in [-0.39, 0.29) is 11.9 Å². The lowest BCUT2D eigenvalue weighted by molar-refractivity contribution is -0.149. The molecule has 1 saturated heterocycles. The number of aromatic nitrogens is 2. The number of nitrogens with one attached hydrogen (secondary N) is 1. The van der Waals surface area contributed by atoms with Crippen LogP contribution in [0.2, 0.25) is 0 Å². The van der Waals surface area contributed by atoms with Gasteiger partial charge in [-0.3, -0.25) is 14.5 Å². The highest BCUT2D eigenvalue weighted by molar-refractivity contribution is 5.80. The van der Waals surface area contributed by atoms with E-state index >= 15 is 0 Å². The summed E-state index contributed by atoms with van der Waals surface area (Å²) >= 11 is 0. The highest BCUT2D eigenvalue weighted by atomic mass is 16.5. The number of aliphatic imine (C=N–C) groups is 1. The quantitative estimate of drug-likeness (QED) is 0.367. The van der Waals surface area contributed by atoms with Crippen molar-refractivity contribution in [2.24, 2.45) is 10.9 Å². The van der Waals surface area contributed by atoms with Gasteiger partial charge >= 0.3 is 5.97 Å². The van der Waals surface area contributed by atoms with Crippen LogP contribution in [0.3, 0.4) is 0 Å². The summed E-state index contributed by atoms with van der Waals surface area (Å²) in [5, 5.41) is 7.90. The molecule has 0 saturated carbocycles. The van der Waals surface area contributed by atoms with Crippen LogP contribution >= 0.6 is 0 Å². The molecule has 1 N–H and O–H groups in total. The predicted molar refractivity (Wildman–Crippen MR) is 98.6 cm³/mol. The maximum atomic E-state index is 11.8. The number of piperidine rings is 1. The lowest BCUT2D eigenvalue weighted by Crippen LogP contribution is -2.47. The molecule has 0 amide bonds. The maximum absolute atomic E-state index is 11.8. The fourth-order valence-corrected chi connectivity index (χ4v) is 3.25. The molecular formula is C18H31N5O2. The second-order valence-electron chi connectivity index (χ2n) is 6.49. The zero-order chi connectivity index (χ0) is 18.2. The van der Waals surface area contributed by atoms with Gasteiger partial charge in [0.05, 0.1) is 18.2 Å². The number of esters is 1. The molecule has 0 radical (unpaired) electrons. The Hall–Kier alpha value is -2.05. The maximum Gasteiger partial charge on any atom is 0.309 e. The third-order valence-corrected chi connectivity index (χ3v) is 4.56. The lowest BCUT2D eigenvalue weighted by Gasteiger charge is -2.33. The van der Waals surface area contributed by atoms with E-state index in [1.165, 1.54) is 5.69 Å². The van der Waals surface area contributed by atoms with E-state index in [4.69, 9.17) is 4.74 Å². The Balaban J connectivity index is 1.72. The molecule has 7 heteroatoms. The van der Waals surface area contributed by atoms with Crippen LogP contribution in [0.4, 0.5) is 0 Å². The van der Waals surface area contributed by atoms with Gasteiger partial charge in [0.1, 0.15) is 0 Å². The van der Waals surface area contributed by atoms with E-state index in [1.54, 1.807) is 7.05 Å². The van der Waals surface area contributed by atoms with E-state index in [9.17, 15) is 4.79 Å². The van der Waals surface area contributed by atoms with Gasteiger partial charge in [0, 0.05) is 38.9 Å². The van der Waals surface area contributed by atoms with Crippen LogP contribution in [-0.4, -0.2) is 59.9 Å². The summed E-state index contributed by atoms with van der Waals surface area (Å²) in [6.07, 6.45) is 2.64. The first-order valence-corrected chi connectivity index (χ1v) is 9.18. The first-order chi connectivity index (χ1) is 12.0. The van der Waals surface area contributed by atoms with E-state index in [1.807, 2.05) is 18.5 Å². The number of ether oxygens (including phenoxy) is 1. The minimum Gasteiger partial charge on any atom is -0.466 e. The fourth-order valence-electron chi connectivity index (χ4n) is 3.25. The number of aryl methyl sites for hydroxylation is 3. The second kappa shape index (κ2) is 9.44. The van der Waals surface area contributed by atoms with Crippen molar-refractivity contribution in [3.05, 3.63) is 17.5 Å². The van der Waals surface area contributed by atoms with Gasteiger partial charge in [-0.25, -0.2) is 0 Å². The lowest BCUT2D eigenvalue weighted by atomic mass is 9.97. The first kappa shape index (κ1) is 19.3. The van der Waals surface area contributed by atoms with Crippen molar-refractivity contribution >= 4 is 11.9 Å². The number of carbonyl (C=O) groups excluding carboxylic acids is 1. The van der Waals surface area contributed by atoms with Gasteiger partial charge in [-0.2, -0.15) is 5.10 Å². The minimum absolute atomic E-state index is 0.0281. The highest BCUT2D eigenvalue weighted by Gasteiger charge is 2.27. The van der Waals surface area contributed by atoms with E-state index in [0.717, 1.165) is 57.1 Å². The van der Waals surface area contributed by atoms with Gasteiger partial charge in [0.2, 0.25) is 0 Å². The van der Waals surface area contributed by atoms with Crippen molar-refractivity contribution in [3.8, 4) is 0 Å². The molecule has 2 heterocycles. The van der Waals surface area contributed by atoms with Gasteiger partial charge in [-0.05, 0) is 46.1 Å². The minimum atomic E-state index is -0.0602. The summed E-state index contributed by atoms with van der Waals surface area (Å²) in [6.45, 7) is 9.82. The predicted octanol–water partition coefficient (Wildman–Crippen LogP) is 1.74. The third kappa shape index (κ3) is 5.47. The Bertz CT molecular complexity index is 588. The molecule has 1 aliphatic rings. The molecule has 7 nitrogen and oxygen atoms in total. The Labute approximate surface area is 150 Å². The molecule has 1 aromatic rings. The normalized spacial score (nSPS) is 16.2. The number of hydrogen-bond acceptors (Lipinski definition) is 4. The molecule has 1 aromatic heterocycles. The molecule has 25 heavy (non-hydrogen) atoms. The average molecular weight is 349 g/mol. The van der Waals surface area contributed by atoms with E-state index in [0.29, 0.717) is 6.61 Å². The number of rotatable bonds is 6. The number of hydrogen-bond donors (Lipinski definition) is 1. The van der Waals surface area contributed by atoms with Gasteiger partial charge in [-0.1, -0.05) is 0 Å². The van der Waals surface area contributed by atoms with Crippen LogP contribution in [0.5, 0.6) is 0 Å². The van der Waals surface area contributed by atoms with Crippen LogP contribution in [0, 0.1) is 19.8 Å². The summed E-state index contributed by atoms with van der Waals surface area (Å²) in [4.78, 5) is 18.4. The van der Waals surface area contributed by atoms with Crippen LogP contribution in [-0.2, 0) is 16.1 Å². The number of carbonyl (C=O) groups is 1. The summed E-state index contributed by atoms with van der Waals surface area (Å²) in [6, 6.07) is 2.10. The number of nitrogens with zero attached hydrogens (tertiary/aromatic N) is 4. The molecular weight excluding hydrogens is 318 g/mol. The summed E-state index contributed by atoms with van der Waals surface area (Å²) in [5.74, 6) is 0.881. The molecule has 1 aliphatic heterocycles. The van der Waals surface area contributed by atoms with E-state index in [2.05, 4.69) is 33.3 Å². The van der Waals surface area contributed by atoms with Crippen molar-refractivity contribution in [2.75, 3.05) is 33.3 Å². The van der Waals surface area contributed by atoms with Gasteiger partial charge in [0.25, 0.3) is 0 Å². The Morgan fingerprint density at radius 1 is 1.40 bits per heavy atom. The average Bonchev–Trinajstić information content (AvgIpc) is 2.93. The van der Waals surface area contributed by atoms with Crippen LogP contribution in [0.15, 0.2) is 11.1 Å². The molecule has 0 atom stereocenters. The van der Waals surface area contributed by atoms with Gasteiger partial charge in [0.15, 0.2) is 5.96 Å². The second-order valence-corrected chi connectivity index (χ2v) is 6.49. The fraction of sp³-hybridized carbons (Fsp3) is 0.722. The van der Waals surface area contributed by atoms with Crippen molar-refractivity contribution in [1.82, 2.24) is 20.0 Å². The molecule has 0 aliphatic carbocycles. The van der Waals surface area contributed by atoms with Crippen LogP contribution in [0.1, 0.15) is 37.6 Å². The molecule has 2 rings (SSSR count). The zero-order valence-electron chi connectivity index (χ0n) is 15.9. The van der Waals surface area contributed by atoms with Crippen LogP contribution in [0.25, 0.3) is 0 Å². The van der Waals surface area contributed by atoms with Crippen molar-refractivity contribution in [1.29, 1.82) is 0 Å². The van der Waals surface area contributed by atoms with Gasteiger partial charge < -0.3 is 15.0 Å². The molecule has 0 aromatic carbocycles. The summed E-state index contributed by atoms with van der Waals surface area (Å²) in [5.41, 5.74) is 2.26. The zero-order valence-corrected chi connectivity index (χ0v) is 15.9. The van der Waals surface area contributed by atoms with Crippen molar-refractivity contribution in [3.63, 3.8) is 0 Å². The molecule has 140 valence electrons.